The van der Waals surface area contributed by atoms with Crippen molar-refractivity contribution in [1.29, 1.82) is 0 Å². The van der Waals surface area contributed by atoms with Crippen LogP contribution in [-0.2, 0) is 0 Å². The zero-order valence-electron chi connectivity index (χ0n) is 11.2. The Morgan fingerprint density at radius 2 is 1.83 bits per heavy atom. The molecule has 0 spiro atoms. The smallest absolute Gasteiger partial charge is 0.161 e. The fourth-order valence-electron chi connectivity index (χ4n) is 1.53. The predicted octanol–water partition coefficient (Wildman–Crippen LogP) is 1.82. The second-order valence-corrected chi connectivity index (χ2v) is 4.05. The highest BCUT2D eigenvalue weighted by molar-refractivity contribution is 5.39. The van der Waals surface area contributed by atoms with Crippen molar-refractivity contribution in [2.45, 2.75) is 26.4 Å². The van der Waals surface area contributed by atoms with Crippen LogP contribution in [0.5, 0.6) is 11.5 Å². The monoisotopic (exact) mass is 253 g/mol. The van der Waals surface area contributed by atoms with Gasteiger partial charge >= 0.3 is 0 Å². The van der Waals surface area contributed by atoms with Gasteiger partial charge in [-0.15, -0.1) is 0 Å². The third-order valence-electron chi connectivity index (χ3n) is 2.39. The highest BCUT2D eigenvalue weighted by atomic mass is 16.5. The summed E-state index contributed by atoms with van der Waals surface area (Å²) in [5.74, 6) is 1.39. The van der Waals surface area contributed by atoms with E-state index in [0.717, 1.165) is 13.0 Å². The Morgan fingerprint density at radius 3 is 2.44 bits per heavy atom. The summed E-state index contributed by atoms with van der Waals surface area (Å²) < 4.78 is 11.0. The fraction of sp³-hybridized carbons (Fsp3) is 0.571. The molecule has 102 valence electrons. The summed E-state index contributed by atoms with van der Waals surface area (Å²) in [4.78, 5) is 0. The summed E-state index contributed by atoms with van der Waals surface area (Å²) in [5, 5.41) is 12.9. The second kappa shape index (κ2) is 8.78. The molecule has 4 nitrogen and oxygen atoms in total. The van der Waals surface area contributed by atoms with E-state index < -0.39 is 6.10 Å². The van der Waals surface area contributed by atoms with Gasteiger partial charge in [-0.2, -0.15) is 0 Å². The topological polar surface area (TPSA) is 50.7 Å². The van der Waals surface area contributed by atoms with Crippen LogP contribution in [0.3, 0.4) is 0 Å². The van der Waals surface area contributed by atoms with Gasteiger partial charge in [-0.1, -0.05) is 19.1 Å². The molecule has 0 saturated heterocycles. The van der Waals surface area contributed by atoms with Crippen LogP contribution in [0.15, 0.2) is 24.3 Å². The first-order chi connectivity index (χ1) is 8.77. The number of aliphatic hydroxyl groups is 1. The van der Waals surface area contributed by atoms with Crippen molar-refractivity contribution in [2.24, 2.45) is 0 Å². The van der Waals surface area contributed by atoms with Crippen LogP contribution in [0.2, 0.25) is 0 Å². The number of rotatable bonds is 9. The van der Waals surface area contributed by atoms with Gasteiger partial charge in [0.15, 0.2) is 11.5 Å². The van der Waals surface area contributed by atoms with Crippen LogP contribution in [-0.4, -0.2) is 37.5 Å². The number of ether oxygens (including phenoxy) is 2. The Hall–Kier alpha value is -1.26. The normalized spacial score (nSPS) is 12.2. The molecule has 1 aromatic carbocycles. The molecule has 0 aliphatic rings. The lowest BCUT2D eigenvalue weighted by Crippen LogP contribution is -2.31. The van der Waals surface area contributed by atoms with E-state index in [2.05, 4.69) is 12.2 Å². The molecular formula is C14H23NO3. The molecule has 0 amide bonds. The Balaban J connectivity index is 2.37. The number of aliphatic hydroxyl groups excluding tert-OH is 1. The molecule has 18 heavy (non-hydrogen) atoms. The van der Waals surface area contributed by atoms with Crippen molar-refractivity contribution < 1.29 is 14.6 Å². The van der Waals surface area contributed by atoms with Crippen molar-refractivity contribution in [3.8, 4) is 11.5 Å². The predicted molar refractivity (Wildman–Crippen MR) is 72.3 cm³/mol. The first kappa shape index (κ1) is 14.8. The molecule has 2 N–H and O–H groups in total. The lowest BCUT2D eigenvalue weighted by Gasteiger charge is -2.15. The lowest BCUT2D eigenvalue weighted by molar-refractivity contribution is 0.104. The maximum atomic E-state index is 9.73. The molecule has 1 atom stereocenters. The van der Waals surface area contributed by atoms with Gasteiger partial charge in [0.1, 0.15) is 12.7 Å². The van der Waals surface area contributed by atoms with Gasteiger partial charge in [-0.3, -0.25) is 0 Å². The molecule has 0 heterocycles. The van der Waals surface area contributed by atoms with E-state index in [0.29, 0.717) is 24.7 Å². The van der Waals surface area contributed by atoms with Gasteiger partial charge in [0, 0.05) is 6.54 Å². The van der Waals surface area contributed by atoms with E-state index in [9.17, 15) is 5.11 Å². The largest absolute Gasteiger partial charge is 0.490 e. The van der Waals surface area contributed by atoms with Crippen LogP contribution in [0.1, 0.15) is 20.3 Å². The fourth-order valence-corrected chi connectivity index (χ4v) is 1.53. The zero-order chi connectivity index (χ0) is 13.2. The van der Waals surface area contributed by atoms with Gasteiger partial charge in [0.05, 0.1) is 6.61 Å². The summed E-state index contributed by atoms with van der Waals surface area (Å²) in [5.41, 5.74) is 0. The average Bonchev–Trinajstić information content (AvgIpc) is 2.38. The molecule has 0 aliphatic heterocycles. The number of nitrogens with one attached hydrogen (secondary N) is 1. The summed E-state index contributed by atoms with van der Waals surface area (Å²) in [6.07, 6.45) is 0.548. The molecule has 0 aromatic heterocycles. The SMILES string of the molecule is CCCNCC(O)COc1ccccc1OCC. The van der Waals surface area contributed by atoms with E-state index in [1.807, 2.05) is 31.2 Å². The summed E-state index contributed by atoms with van der Waals surface area (Å²) in [6, 6.07) is 7.49. The Morgan fingerprint density at radius 1 is 1.17 bits per heavy atom. The first-order valence-corrected chi connectivity index (χ1v) is 6.51. The van der Waals surface area contributed by atoms with E-state index in [1.165, 1.54) is 0 Å². The van der Waals surface area contributed by atoms with E-state index >= 15 is 0 Å². The molecular weight excluding hydrogens is 230 g/mol. The Kier molecular flexibility index (Phi) is 7.22. The third kappa shape index (κ3) is 5.38. The highest BCUT2D eigenvalue weighted by Gasteiger charge is 2.07. The van der Waals surface area contributed by atoms with Gasteiger partial charge in [-0.05, 0) is 32.0 Å². The number of benzene rings is 1. The van der Waals surface area contributed by atoms with Gasteiger partial charge in [-0.25, -0.2) is 0 Å². The van der Waals surface area contributed by atoms with E-state index in [-0.39, 0.29) is 6.61 Å². The van der Waals surface area contributed by atoms with Gasteiger partial charge in [0.25, 0.3) is 0 Å². The molecule has 0 aliphatic carbocycles. The molecule has 0 radical (unpaired) electrons. The zero-order valence-corrected chi connectivity index (χ0v) is 11.2. The van der Waals surface area contributed by atoms with E-state index in [4.69, 9.17) is 9.47 Å². The second-order valence-electron chi connectivity index (χ2n) is 4.05. The Labute approximate surface area is 109 Å². The quantitative estimate of drug-likeness (QED) is 0.659. The van der Waals surface area contributed by atoms with Crippen LogP contribution in [0, 0.1) is 0 Å². The van der Waals surface area contributed by atoms with Gasteiger partial charge < -0.3 is 19.9 Å². The average molecular weight is 253 g/mol. The molecule has 4 heteroatoms. The summed E-state index contributed by atoms with van der Waals surface area (Å²) >= 11 is 0. The van der Waals surface area contributed by atoms with Crippen molar-refractivity contribution in [3.05, 3.63) is 24.3 Å². The Bertz CT molecular complexity index is 331. The van der Waals surface area contributed by atoms with Crippen LogP contribution in [0.25, 0.3) is 0 Å². The minimum Gasteiger partial charge on any atom is -0.490 e. The molecule has 0 bridgehead atoms. The van der Waals surface area contributed by atoms with Crippen LogP contribution < -0.4 is 14.8 Å². The van der Waals surface area contributed by atoms with E-state index in [1.54, 1.807) is 0 Å². The summed E-state index contributed by atoms with van der Waals surface area (Å²) in [7, 11) is 0. The maximum absolute atomic E-state index is 9.73. The molecule has 1 unspecified atom stereocenters. The first-order valence-electron chi connectivity index (χ1n) is 6.51. The summed E-state index contributed by atoms with van der Waals surface area (Å²) in [6.45, 7) is 6.34. The minimum absolute atomic E-state index is 0.265. The number of hydrogen-bond acceptors (Lipinski definition) is 4. The molecule has 0 fully saturated rings. The third-order valence-corrected chi connectivity index (χ3v) is 2.39. The molecule has 1 aromatic rings. The van der Waals surface area contributed by atoms with Gasteiger partial charge in [0.2, 0.25) is 0 Å². The number of hydrogen-bond donors (Lipinski definition) is 2. The maximum Gasteiger partial charge on any atom is 0.161 e. The van der Waals surface area contributed by atoms with Crippen LogP contribution in [0.4, 0.5) is 0 Å². The lowest BCUT2D eigenvalue weighted by atomic mass is 10.3. The minimum atomic E-state index is -0.508. The van der Waals surface area contributed by atoms with Crippen molar-refractivity contribution in [2.75, 3.05) is 26.3 Å². The standard InChI is InChI=1S/C14H23NO3/c1-3-9-15-10-12(16)11-18-14-8-6-5-7-13(14)17-4-2/h5-8,12,15-16H,3-4,9-11H2,1-2H3. The van der Waals surface area contributed by atoms with Crippen LogP contribution >= 0.6 is 0 Å². The number of para-hydroxylation sites is 2. The van der Waals surface area contributed by atoms with Crippen molar-refractivity contribution >= 4 is 0 Å². The molecule has 0 saturated carbocycles. The van der Waals surface area contributed by atoms with Crippen molar-refractivity contribution in [3.63, 3.8) is 0 Å². The molecule has 1 rings (SSSR count). The van der Waals surface area contributed by atoms with Crippen molar-refractivity contribution in [1.82, 2.24) is 5.32 Å². The highest BCUT2D eigenvalue weighted by Crippen LogP contribution is 2.26.